The lowest BCUT2D eigenvalue weighted by molar-refractivity contribution is 0.398. The zero-order valence-electron chi connectivity index (χ0n) is 11.3. The molecule has 4 heteroatoms. The lowest BCUT2D eigenvalue weighted by Crippen LogP contribution is -2.28. The molecular weight excluding hydrogens is 240 g/mol. The van der Waals surface area contributed by atoms with E-state index in [0.29, 0.717) is 0 Å². The summed E-state index contributed by atoms with van der Waals surface area (Å²) in [5, 5.41) is 0. The Morgan fingerprint density at radius 3 is 2.53 bits per heavy atom. The second-order valence-electron chi connectivity index (χ2n) is 4.57. The fraction of sp³-hybridized carbons (Fsp3) is 0.333. The summed E-state index contributed by atoms with van der Waals surface area (Å²) in [6, 6.07) is 10.1. The van der Waals surface area contributed by atoms with Crippen molar-refractivity contribution in [3.05, 3.63) is 53.5 Å². The number of methoxy groups -OCH3 is 1. The first kappa shape index (κ1) is 13.6. The van der Waals surface area contributed by atoms with E-state index in [2.05, 4.69) is 17.6 Å². The van der Waals surface area contributed by atoms with Gasteiger partial charge < -0.3 is 9.15 Å². The van der Waals surface area contributed by atoms with Crippen LogP contribution in [-0.4, -0.2) is 7.11 Å². The highest BCUT2D eigenvalue weighted by molar-refractivity contribution is 5.27. The smallest absolute Gasteiger partial charge is 0.124 e. The van der Waals surface area contributed by atoms with Crippen LogP contribution < -0.4 is 16.0 Å². The van der Waals surface area contributed by atoms with Crippen LogP contribution in [0.1, 0.15) is 29.3 Å². The third kappa shape index (κ3) is 3.36. The number of nitrogens with one attached hydrogen (secondary N) is 1. The Hall–Kier alpha value is -1.78. The van der Waals surface area contributed by atoms with Crippen LogP contribution in [0, 0.1) is 6.92 Å². The molecule has 0 saturated carbocycles. The zero-order chi connectivity index (χ0) is 13.7. The molecule has 1 unspecified atom stereocenters. The molecule has 1 aromatic heterocycles. The summed E-state index contributed by atoms with van der Waals surface area (Å²) in [5.41, 5.74) is 5.20. The lowest BCUT2D eigenvalue weighted by atomic mass is 10.0. The van der Waals surface area contributed by atoms with Crippen LogP contribution in [0.15, 0.2) is 41.0 Å². The molecule has 0 aliphatic rings. The van der Waals surface area contributed by atoms with Crippen LogP contribution in [0.25, 0.3) is 0 Å². The van der Waals surface area contributed by atoms with E-state index in [1.54, 1.807) is 13.4 Å². The molecule has 0 fully saturated rings. The molecule has 19 heavy (non-hydrogen) atoms. The number of furan rings is 1. The average Bonchev–Trinajstić information content (AvgIpc) is 2.87. The minimum absolute atomic E-state index is 0.0390. The molecule has 0 amide bonds. The van der Waals surface area contributed by atoms with Crippen LogP contribution in [0.5, 0.6) is 5.75 Å². The first-order chi connectivity index (χ1) is 9.24. The molecule has 3 N–H and O–H groups in total. The van der Waals surface area contributed by atoms with E-state index >= 15 is 0 Å². The van der Waals surface area contributed by atoms with Gasteiger partial charge in [-0.15, -0.1) is 0 Å². The number of aryl methyl sites for hydroxylation is 2. The van der Waals surface area contributed by atoms with Crippen LogP contribution >= 0.6 is 0 Å². The number of rotatable bonds is 6. The maximum absolute atomic E-state index is 5.61. The first-order valence-corrected chi connectivity index (χ1v) is 6.37. The normalized spacial score (nSPS) is 12.4. The van der Waals surface area contributed by atoms with Gasteiger partial charge in [0.2, 0.25) is 0 Å². The van der Waals surface area contributed by atoms with E-state index in [-0.39, 0.29) is 6.04 Å². The molecule has 102 valence electrons. The zero-order valence-corrected chi connectivity index (χ0v) is 11.3. The number of hydrazine groups is 1. The Kier molecular flexibility index (Phi) is 4.60. The largest absolute Gasteiger partial charge is 0.497 e. The number of benzene rings is 1. The minimum Gasteiger partial charge on any atom is -0.497 e. The summed E-state index contributed by atoms with van der Waals surface area (Å²) in [5.74, 6) is 7.40. The van der Waals surface area contributed by atoms with Crippen molar-refractivity contribution >= 4 is 0 Å². The second-order valence-corrected chi connectivity index (χ2v) is 4.57. The predicted molar refractivity (Wildman–Crippen MR) is 74.8 cm³/mol. The molecule has 4 nitrogen and oxygen atoms in total. The van der Waals surface area contributed by atoms with Crippen LogP contribution in [-0.2, 0) is 6.42 Å². The summed E-state index contributed by atoms with van der Waals surface area (Å²) in [7, 11) is 1.67. The Labute approximate surface area is 113 Å². The standard InChI is InChI=1S/C15H20N2O2/c1-11-9-10-19-15(11)14(17-16)8-5-12-3-6-13(18-2)7-4-12/h3-4,6-7,9-10,14,17H,5,8,16H2,1-2H3. The summed E-state index contributed by atoms with van der Waals surface area (Å²) in [6.07, 6.45) is 3.51. The van der Waals surface area contributed by atoms with Crippen LogP contribution in [0.2, 0.25) is 0 Å². The van der Waals surface area contributed by atoms with E-state index in [0.717, 1.165) is 29.9 Å². The van der Waals surface area contributed by atoms with E-state index in [1.165, 1.54) is 5.56 Å². The predicted octanol–water partition coefficient (Wildman–Crippen LogP) is 2.73. The highest BCUT2D eigenvalue weighted by Gasteiger charge is 2.15. The SMILES string of the molecule is COc1ccc(CCC(NN)c2occc2C)cc1. The van der Waals surface area contributed by atoms with Crippen molar-refractivity contribution in [1.82, 2.24) is 5.43 Å². The topological polar surface area (TPSA) is 60.4 Å². The van der Waals surface area contributed by atoms with E-state index < -0.39 is 0 Å². The Bertz CT molecular complexity index is 505. The quantitative estimate of drug-likeness (QED) is 0.619. The first-order valence-electron chi connectivity index (χ1n) is 6.37. The van der Waals surface area contributed by atoms with Crippen molar-refractivity contribution in [2.75, 3.05) is 7.11 Å². The Balaban J connectivity index is 1.98. The Morgan fingerprint density at radius 2 is 2.00 bits per heavy atom. The van der Waals surface area contributed by atoms with Gasteiger partial charge in [0.15, 0.2) is 0 Å². The Morgan fingerprint density at radius 1 is 1.26 bits per heavy atom. The van der Waals surface area contributed by atoms with Gasteiger partial charge in [0.1, 0.15) is 11.5 Å². The highest BCUT2D eigenvalue weighted by Crippen LogP contribution is 2.23. The van der Waals surface area contributed by atoms with Gasteiger partial charge in [0.05, 0.1) is 19.4 Å². The van der Waals surface area contributed by atoms with Crippen molar-refractivity contribution in [3.8, 4) is 5.75 Å². The van der Waals surface area contributed by atoms with E-state index in [4.69, 9.17) is 15.0 Å². The number of ether oxygens (including phenoxy) is 1. The third-order valence-corrected chi connectivity index (χ3v) is 3.30. The van der Waals surface area contributed by atoms with Gasteiger partial charge in [0.25, 0.3) is 0 Å². The molecule has 0 aliphatic carbocycles. The summed E-state index contributed by atoms with van der Waals surface area (Å²) in [6.45, 7) is 2.02. The molecule has 2 aromatic rings. The lowest BCUT2D eigenvalue weighted by Gasteiger charge is -2.14. The van der Waals surface area contributed by atoms with Crippen molar-refractivity contribution < 1.29 is 9.15 Å². The highest BCUT2D eigenvalue weighted by atomic mass is 16.5. The van der Waals surface area contributed by atoms with Gasteiger partial charge in [-0.25, -0.2) is 5.43 Å². The summed E-state index contributed by atoms with van der Waals surface area (Å²) >= 11 is 0. The van der Waals surface area contributed by atoms with Gasteiger partial charge in [-0.3, -0.25) is 5.84 Å². The van der Waals surface area contributed by atoms with Crippen LogP contribution in [0.3, 0.4) is 0 Å². The molecule has 0 bridgehead atoms. The molecular formula is C15H20N2O2. The molecule has 0 spiro atoms. The fourth-order valence-electron chi connectivity index (χ4n) is 2.13. The van der Waals surface area contributed by atoms with Crippen molar-refractivity contribution in [2.45, 2.75) is 25.8 Å². The minimum atomic E-state index is 0.0390. The molecule has 0 radical (unpaired) electrons. The monoisotopic (exact) mass is 260 g/mol. The maximum Gasteiger partial charge on any atom is 0.124 e. The maximum atomic E-state index is 5.61. The molecule has 0 saturated heterocycles. The number of nitrogens with two attached hydrogens (primary N) is 1. The van der Waals surface area contributed by atoms with Crippen molar-refractivity contribution in [3.63, 3.8) is 0 Å². The van der Waals surface area contributed by atoms with E-state index in [1.807, 2.05) is 25.1 Å². The number of hydrogen-bond donors (Lipinski definition) is 2. The molecule has 0 aliphatic heterocycles. The summed E-state index contributed by atoms with van der Waals surface area (Å²) in [4.78, 5) is 0. The second kappa shape index (κ2) is 6.41. The molecule has 1 atom stereocenters. The molecule has 2 rings (SSSR count). The van der Waals surface area contributed by atoms with Gasteiger partial charge >= 0.3 is 0 Å². The molecule has 1 heterocycles. The third-order valence-electron chi connectivity index (χ3n) is 3.30. The summed E-state index contributed by atoms with van der Waals surface area (Å²) < 4.78 is 10.6. The van der Waals surface area contributed by atoms with Gasteiger partial charge in [-0.05, 0) is 49.1 Å². The van der Waals surface area contributed by atoms with E-state index in [9.17, 15) is 0 Å². The number of hydrogen-bond acceptors (Lipinski definition) is 4. The van der Waals surface area contributed by atoms with Crippen molar-refractivity contribution in [1.29, 1.82) is 0 Å². The van der Waals surface area contributed by atoms with Crippen LogP contribution in [0.4, 0.5) is 0 Å². The van der Waals surface area contributed by atoms with Gasteiger partial charge in [0, 0.05) is 0 Å². The fourth-order valence-corrected chi connectivity index (χ4v) is 2.13. The average molecular weight is 260 g/mol. The van der Waals surface area contributed by atoms with Crippen molar-refractivity contribution in [2.24, 2.45) is 5.84 Å². The molecule has 1 aromatic carbocycles. The van der Waals surface area contributed by atoms with Gasteiger partial charge in [-0.2, -0.15) is 0 Å². The van der Waals surface area contributed by atoms with Gasteiger partial charge in [-0.1, -0.05) is 12.1 Å².